The number of phenolic OH excluding ortho intramolecular Hbond substituents is 1. The van der Waals surface area contributed by atoms with Crippen molar-refractivity contribution in [1.82, 2.24) is 0 Å². The minimum absolute atomic E-state index is 0.0562. The molecule has 3 atom stereocenters. The number of carbonyl (C=O) groups excluding carboxylic acids is 1. The van der Waals surface area contributed by atoms with Gasteiger partial charge in [-0.05, 0) is 12.1 Å². The number of aliphatic hydroxyl groups excluding tert-OH is 3. The lowest BCUT2D eigenvalue weighted by molar-refractivity contribution is -0.150. The molecular weight excluding hydrogens is 268 g/mol. The molecule has 0 radical (unpaired) electrons. The third-order valence-corrected chi connectivity index (χ3v) is 2.68. The SMILES string of the molecule is COC(=O)c1ccccc1O.OC1[C@H](O)COC[C@@H]1O. The third kappa shape index (κ3) is 4.46. The molecule has 1 aromatic carbocycles. The quantitative estimate of drug-likeness (QED) is 0.503. The van der Waals surface area contributed by atoms with Crippen molar-refractivity contribution in [3.63, 3.8) is 0 Å². The number of hydrogen-bond acceptors (Lipinski definition) is 7. The number of aliphatic hydroxyl groups is 3. The van der Waals surface area contributed by atoms with Crippen molar-refractivity contribution >= 4 is 5.97 Å². The Hall–Kier alpha value is -1.67. The normalized spacial score (nSPS) is 25.3. The van der Waals surface area contributed by atoms with Crippen LogP contribution in [0, 0.1) is 0 Å². The Bertz CT molecular complexity index is 424. The molecule has 1 fully saturated rings. The zero-order valence-electron chi connectivity index (χ0n) is 11.0. The highest BCUT2D eigenvalue weighted by Crippen LogP contribution is 2.15. The maximum absolute atomic E-state index is 10.9. The van der Waals surface area contributed by atoms with Gasteiger partial charge in [-0.1, -0.05) is 12.1 Å². The average molecular weight is 286 g/mol. The van der Waals surface area contributed by atoms with Crippen molar-refractivity contribution < 1.29 is 34.7 Å². The minimum atomic E-state index is -1.04. The van der Waals surface area contributed by atoms with Gasteiger partial charge in [0.15, 0.2) is 0 Å². The lowest BCUT2D eigenvalue weighted by Crippen LogP contribution is -2.47. The van der Waals surface area contributed by atoms with Crippen molar-refractivity contribution in [2.75, 3.05) is 20.3 Å². The molecule has 2 rings (SSSR count). The maximum atomic E-state index is 10.9. The van der Waals surface area contributed by atoms with Crippen molar-refractivity contribution in [2.24, 2.45) is 0 Å². The Morgan fingerprint density at radius 3 is 2.20 bits per heavy atom. The van der Waals surface area contributed by atoms with Crippen LogP contribution in [0.2, 0.25) is 0 Å². The topological polar surface area (TPSA) is 116 Å². The molecule has 1 heterocycles. The van der Waals surface area contributed by atoms with Crippen LogP contribution >= 0.6 is 0 Å². The summed E-state index contributed by atoms with van der Waals surface area (Å²) in [6, 6.07) is 6.24. The number of rotatable bonds is 1. The van der Waals surface area contributed by atoms with Crippen LogP contribution in [0.5, 0.6) is 5.75 Å². The van der Waals surface area contributed by atoms with Gasteiger partial charge >= 0.3 is 5.97 Å². The van der Waals surface area contributed by atoms with Gasteiger partial charge in [-0.2, -0.15) is 0 Å². The Labute approximate surface area is 116 Å². The number of methoxy groups -OCH3 is 1. The molecule has 7 nitrogen and oxygen atoms in total. The predicted molar refractivity (Wildman–Crippen MR) is 68.3 cm³/mol. The maximum Gasteiger partial charge on any atom is 0.341 e. The number of esters is 1. The van der Waals surface area contributed by atoms with E-state index in [2.05, 4.69) is 4.74 Å². The summed E-state index contributed by atoms with van der Waals surface area (Å²) < 4.78 is 9.12. The van der Waals surface area contributed by atoms with Gasteiger partial charge in [0.05, 0.1) is 20.3 Å². The van der Waals surface area contributed by atoms with E-state index in [1.165, 1.54) is 19.2 Å². The highest BCUT2D eigenvalue weighted by Gasteiger charge is 2.29. The van der Waals surface area contributed by atoms with Crippen molar-refractivity contribution in [3.05, 3.63) is 29.8 Å². The van der Waals surface area contributed by atoms with Crippen LogP contribution in [0.1, 0.15) is 10.4 Å². The van der Waals surface area contributed by atoms with Gasteiger partial charge in [0.25, 0.3) is 0 Å². The van der Waals surface area contributed by atoms with Crippen molar-refractivity contribution in [3.8, 4) is 5.75 Å². The fraction of sp³-hybridized carbons (Fsp3) is 0.462. The van der Waals surface area contributed by atoms with Crippen molar-refractivity contribution in [1.29, 1.82) is 0 Å². The van der Waals surface area contributed by atoms with Crippen LogP contribution in [-0.4, -0.2) is 65.0 Å². The zero-order chi connectivity index (χ0) is 15.1. The lowest BCUT2D eigenvalue weighted by Gasteiger charge is -2.27. The van der Waals surface area contributed by atoms with E-state index in [0.29, 0.717) is 0 Å². The molecule has 0 saturated carbocycles. The summed E-state index contributed by atoms with van der Waals surface area (Å²) in [6.45, 7) is 0.219. The first-order valence-corrected chi connectivity index (χ1v) is 5.95. The van der Waals surface area contributed by atoms with Gasteiger partial charge in [0, 0.05) is 0 Å². The van der Waals surface area contributed by atoms with Gasteiger partial charge in [0.1, 0.15) is 29.6 Å². The van der Waals surface area contributed by atoms with E-state index in [4.69, 9.17) is 25.2 Å². The molecule has 0 aliphatic carbocycles. The van der Waals surface area contributed by atoms with Gasteiger partial charge < -0.3 is 29.9 Å². The number of para-hydroxylation sites is 1. The molecule has 1 saturated heterocycles. The highest BCUT2D eigenvalue weighted by atomic mass is 16.5. The number of carbonyl (C=O) groups is 1. The van der Waals surface area contributed by atoms with E-state index in [9.17, 15) is 4.79 Å². The Balaban J connectivity index is 0.000000204. The summed E-state index contributed by atoms with van der Waals surface area (Å²) >= 11 is 0. The molecule has 0 bridgehead atoms. The summed E-state index contributed by atoms with van der Waals surface area (Å²) in [5, 5.41) is 35.6. The number of aromatic hydroxyl groups is 1. The summed E-state index contributed by atoms with van der Waals surface area (Å²) in [6.07, 6.45) is -2.92. The highest BCUT2D eigenvalue weighted by molar-refractivity contribution is 5.92. The summed E-state index contributed by atoms with van der Waals surface area (Å²) in [7, 11) is 1.27. The Morgan fingerprint density at radius 2 is 1.75 bits per heavy atom. The Kier molecular flexibility index (Phi) is 6.40. The third-order valence-electron chi connectivity index (χ3n) is 2.68. The van der Waals surface area contributed by atoms with E-state index < -0.39 is 24.3 Å². The molecule has 0 aromatic heterocycles. The molecule has 112 valence electrons. The lowest BCUT2D eigenvalue weighted by atomic mass is 10.1. The molecule has 1 aliphatic rings. The molecule has 20 heavy (non-hydrogen) atoms. The van der Waals surface area contributed by atoms with Gasteiger partial charge in [-0.15, -0.1) is 0 Å². The van der Waals surface area contributed by atoms with Crippen molar-refractivity contribution in [2.45, 2.75) is 18.3 Å². The van der Waals surface area contributed by atoms with Crippen LogP contribution in [-0.2, 0) is 9.47 Å². The molecule has 1 unspecified atom stereocenters. The average Bonchev–Trinajstić information content (AvgIpc) is 2.45. The van der Waals surface area contributed by atoms with Crippen LogP contribution in [0.15, 0.2) is 24.3 Å². The van der Waals surface area contributed by atoms with Crippen LogP contribution in [0.3, 0.4) is 0 Å². The number of benzene rings is 1. The van der Waals surface area contributed by atoms with E-state index >= 15 is 0 Å². The van der Waals surface area contributed by atoms with Crippen LogP contribution in [0.4, 0.5) is 0 Å². The zero-order valence-corrected chi connectivity index (χ0v) is 11.0. The smallest absolute Gasteiger partial charge is 0.341 e. The Morgan fingerprint density at radius 1 is 1.20 bits per heavy atom. The van der Waals surface area contributed by atoms with Gasteiger partial charge in [0.2, 0.25) is 0 Å². The number of phenols is 1. The minimum Gasteiger partial charge on any atom is -0.507 e. The van der Waals surface area contributed by atoms with Crippen LogP contribution < -0.4 is 0 Å². The van der Waals surface area contributed by atoms with Gasteiger partial charge in [-0.25, -0.2) is 4.79 Å². The second-order valence-corrected chi connectivity index (χ2v) is 4.17. The number of ether oxygens (including phenoxy) is 2. The first-order valence-electron chi connectivity index (χ1n) is 5.95. The van der Waals surface area contributed by atoms with E-state index in [1.807, 2.05) is 0 Å². The summed E-state index contributed by atoms with van der Waals surface area (Å²) in [5.41, 5.74) is 0.190. The first-order chi connectivity index (χ1) is 9.47. The summed E-state index contributed by atoms with van der Waals surface area (Å²) in [4.78, 5) is 10.9. The molecule has 4 N–H and O–H groups in total. The molecule has 7 heteroatoms. The molecular formula is C13H18O7. The molecule has 1 aliphatic heterocycles. The van der Waals surface area contributed by atoms with Crippen LogP contribution in [0.25, 0.3) is 0 Å². The molecule has 0 spiro atoms. The number of hydrogen-bond donors (Lipinski definition) is 4. The monoisotopic (exact) mass is 286 g/mol. The van der Waals surface area contributed by atoms with Gasteiger partial charge in [-0.3, -0.25) is 0 Å². The fourth-order valence-corrected chi connectivity index (χ4v) is 1.52. The largest absolute Gasteiger partial charge is 0.507 e. The predicted octanol–water partition coefficient (Wildman–Crippen LogP) is -0.722. The summed E-state index contributed by atoms with van der Waals surface area (Å²) in [5.74, 6) is -0.581. The van der Waals surface area contributed by atoms with E-state index in [0.717, 1.165) is 0 Å². The molecule has 1 aromatic rings. The first kappa shape index (κ1) is 16.4. The standard InChI is InChI=1S/C8H8O3.C5H10O4/c1-11-8(10)6-4-2-3-5-7(6)9;6-3-1-9-2-4(7)5(3)8/h2-5,9H,1H3;3-8H,1-2H2/t;3-,4+,5?. The second-order valence-electron chi connectivity index (χ2n) is 4.17. The van der Waals surface area contributed by atoms with E-state index in [-0.39, 0.29) is 24.5 Å². The fourth-order valence-electron chi connectivity index (χ4n) is 1.52. The van der Waals surface area contributed by atoms with E-state index in [1.54, 1.807) is 12.1 Å². The molecule has 0 amide bonds. The second kappa shape index (κ2) is 7.81.